The number of hydrogen-bond acceptors (Lipinski definition) is 2. The highest BCUT2D eigenvalue weighted by atomic mass is 19.4. The van der Waals surface area contributed by atoms with Gasteiger partial charge in [-0.25, -0.2) is 0 Å². The van der Waals surface area contributed by atoms with E-state index in [1.165, 1.54) is 0 Å². The molecule has 20 heavy (non-hydrogen) atoms. The van der Waals surface area contributed by atoms with Gasteiger partial charge in [-0.05, 0) is 43.4 Å². The Kier molecular flexibility index (Phi) is 4.57. The minimum Gasteiger partial charge on any atom is -0.507 e. The van der Waals surface area contributed by atoms with Crippen LogP contribution in [-0.4, -0.2) is 17.9 Å². The zero-order valence-electron chi connectivity index (χ0n) is 11.0. The Balaban J connectivity index is 1.90. The monoisotopic (exact) mass is 286 g/mol. The van der Waals surface area contributed by atoms with Crippen molar-refractivity contribution in [3.8, 4) is 5.75 Å². The van der Waals surface area contributed by atoms with E-state index >= 15 is 0 Å². The van der Waals surface area contributed by atoms with Gasteiger partial charge in [-0.1, -0.05) is 12.1 Å². The van der Waals surface area contributed by atoms with Gasteiger partial charge in [0.2, 0.25) is 0 Å². The molecular weight excluding hydrogens is 269 g/mol. The summed E-state index contributed by atoms with van der Waals surface area (Å²) in [6.45, 7) is 0.0142. The van der Waals surface area contributed by atoms with Crippen LogP contribution in [0.5, 0.6) is 5.75 Å². The van der Waals surface area contributed by atoms with Crippen LogP contribution in [0.25, 0.3) is 5.76 Å². The van der Waals surface area contributed by atoms with Gasteiger partial charge >= 0.3 is 6.18 Å². The van der Waals surface area contributed by atoms with E-state index in [9.17, 15) is 18.3 Å². The van der Waals surface area contributed by atoms with Gasteiger partial charge in [0.05, 0.1) is 6.61 Å². The Hall–Kier alpha value is -1.65. The molecule has 1 aromatic rings. The van der Waals surface area contributed by atoms with Crippen LogP contribution < -0.4 is 4.74 Å². The molecule has 1 aliphatic rings. The van der Waals surface area contributed by atoms with Crippen molar-refractivity contribution in [3.63, 3.8) is 0 Å². The lowest BCUT2D eigenvalue weighted by atomic mass is 9.89. The molecule has 1 fully saturated rings. The van der Waals surface area contributed by atoms with E-state index in [2.05, 4.69) is 0 Å². The standard InChI is InChI=1S/C15H17F3O2/c16-15(17,18)8-3-9-20-13-7-2-6-12(10-13)14(19)11-4-1-5-11/h2,6-7,10,19H,1,3-5,8-9H2. The summed E-state index contributed by atoms with van der Waals surface area (Å²) in [5, 5.41) is 10.0. The van der Waals surface area contributed by atoms with Crippen molar-refractivity contribution in [1.82, 2.24) is 0 Å². The van der Waals surface area contributed by atoms with Gasteiger partial charge in [-0.15, -0.1) is 0 Å². The highest BCUT2D eigenvalue weighted by Crippen LogP contribution is 2.32. The van der Waals surface area contributed by atoms with Gasteiger partial charge < -0.3 is 9.84 Å². The second-order valence-corrected chi connectivity index (χ2v) is 4.90. The summed E-state index contributed by atoms with van der Waals surface area (Å²) in [6.07, 6.45) is -2.15. The molecule has 0 saturated heterocycles. The fraction of sp³-hybridized carbons (Fsp3) is 0.467. The molecule has 0 heterocycles. The molecule has 0 aromatic heterocycles. The van der Waals surface area contributed by atoms with E-state index in [-0.39, 0.29) is 18.8 Å². The molecule has 0 amide bonds. The van der Waals surface area contributed by atoms with Gasteiger partial charge in [0.15, 0.2) is 0 Å². The Morgan fingerprint density at radius 2 is 2.00 bits per heavy atom. The van der Waals surface area contributed by atoms with Crippen LogP contribution in [0.2, 0.25) is 0 Å². The summed E-state index contributed by atoms with van der Waals surface area (Å²) < 4.78 is 41.3. The lowest BCUT2D eigenvalue weighted by Gasteiger charge is -2.18. The number of benzene rings is 1. The van der Waals surface area contributed by atoms with Gasteiger partial charge in [-0.3, -0.25) is 0 Å². The maximum absolute atomic E-state index is 12.0. The maximum atomic E-state index is 12.0. The first kappa shape index (κ1) is 14.8. The van der Waals surface area contributed by atoms with E-state index in [4.69, 9.17) is 4.74 Å². The average Bonchev–Trinajstić information content (AvgIpc) is 2.32. The number of halogens is 3. The minimum atomic E-state index is -4.14. The van der Waals surface area contributed by atoms with Crippen molar-refractivity contribution in [2.24, 2.45) is 0 Å². The molecule has 1 N–H and O–H groups in total. The number of allylic oxidation sites excluding steroid dienone is 1. The molecule has 2 nitrogen and oxygen atoms in total. The fourth-order valence-corrected chi connectivity index (χ4v) is 1.99. The molecule has 0 radical (unpaired) electrons. The molecule has 0 atom stereocenters. The van der Waals surface area contributed by atoms with Crippen LogP contribution in [0.3, 0.4) is 0 Å². The summed E-state index contributed by atoms with van der Waals surface area (Å²) in [5.41, 5.74) is 1.69. The lowest BCUT2D eigenvalue weighted by molar-refractivity contribution is -0.136. The molecule has 0 spiro atoms. The smallest absolute Gasteiger partial charge is 0.389 e. The molecule has 0 unspecified atom stereocenters. The molecule has 110 valence electrons. The Labute approximate surface area is 115 Å². The number of rotatable bonds is 5. The van der Waals surface area contributed by atoms with Crippen molar-refractivity contribution in [3.05, 3.63) is 35.4 Å². The third-order valence-corrected chi connectivity index (χ3v) is 3.27. The second kappa shape index (κ2) is 6.20. The Morgan fingerprint density at radius 1 is 1.25 bits per heavy atom. The van der Waals surface area contributed by atoms with Crippen LogP contribution in [0.4, 0.5) is 13.2 Å². The number of hydrogen-bond donors (Lipinski definition) is 1. The second-order valence-electron chi connectivity index (χ2n) is 4.90. The third kappa shape index (κ3) is 4.18. The molecule has 0 aliphatic heterocycles. The summed E-state index contributed by atoms with van der Waals surface area (Å²) in [7, 11) is 0. The van der Waals surface area contributed by atoms with Gasteiger partial charge in [-0.2, -0.15) is 13.2 Å². The predicted octanol–water partition coefficient (Wildman–Crippen LogP) is 4.86. The van der Waals surface area contributed by atoms with Gasteiger partial charge in [0.25, 0.3) is 0 Å². The molecule has 0 bridgehead atoms. The summed E-state index contributed by atoms with van der Waals surface area (Å²) >= 11 is 0. The largest absolute Gasteiger partial charge is 0.507 e. The molecule has 1 saturated carbocycles. The van der Waals surface area contributed by atoms with Gasteiger partial charge in [0.1, 0.15) is 11.5 Å². The van der Waals surface area contributed by atoms with E-state index in [1.807, 2.05) is 0 Å². The topological polar surface area (TPSA) is 29.5 Å². The first-order chi connectivity index (χ1) is 9.46. The van der Waals surface area contributed by atoms with Crippen molar-refractivity contribution < 1.29 is 23.0 Å². The van der Waals surface area contributed by atoms with E-state index in [0.717, 1.165) is 24.8 Å². The molecular formula is C15H17F3O2. The van der Waals surface area contributed by atoms with Crippen LogP contribution in [0.15, 0.2) is 29.8 Å². The molecule has 1 aliphatic carbocycles. The SMILES string of the molecule is OC(=C1CCC1)c1cccc(OCCCC(F)(F)F)c1. The average molecular weight is 286 g/mol. The predicted molar refractivity (Wildman–Crippen MR) is 70.6 cm³/mol. The molecule has 1 aromatic carbocycles. The quantitative estimate of drug-likeness (QED) is 0.618. The highest BCUT2D eigenvalue weighted by Gasteiger charge is 2.26. The molecule has 5 heteroatoms. The zero-order valence-corrected chi connectivity index (χ0v) is 11.0. The van der Waals surface area contributed by atoms with Gasteiger partial charge in [0, 0.05) is 12.0 Å². The maximum Gasteiger partial charge on any atom is 0.389 e. The van der Waals surface area contributed by atoms with Crippen molar-refractivity contribution >= 4 is 5.76 Å². The summed E-state index contributed by atoms with van der Waals surface area (Å²) in [6, 6.07) is 6.83. The number of ether oxygens (including phenoxy) is 1. The normalized spacial score (nSPS) is 14.8. The van der Waals surface area contributed by atoms with Crippen LogP contribution in [0, 0.1) is 0 Å². The number of alkyl halides is 3. The van der Waals surface area contributed by atoms with E-state index in [1.54, 1.807) is 24.3 Å². The van der Waals surface area contributed by atoms with Crippen LogP contribution >= 0.6 is 0 Å². The lowest BCUT2D eigenvalue weighted by Crippen LogP contribution is -2.09. The summed E-state index contributed by atoms with van der Waals surface area (Å²) in [4.78, 5) is 0. The molecule has 2 rings (SSSR count). The van der Waals surface area contributed by atoms with E-state index < -0.39 is 12.6 Å². The summed E-state index contributed by atoms with van der Waals surface area (Å²) in [5.74, 6) is 0.758. The Bertz CT molecular complexity index is 486. The van der Waals surface area contributed by atoms with Crippen molar-refractivity contribution in [2.45, 2.75) is 38.3 Å². The zero-order chi connectivity index (χ0) is 14.6. The number of aliphatic hydroxyl groups is 1. The number of aliphatic hydroxyl groups excluding tert-OH is 1. The first-order valence-corrected chi connectivity index (χ1v) is 6.67. The van der Waals surface area contributed by atoms with Crippen molar-refractivity contribution in [1.29, 1.82) is 0 Å². The minimum absolute atomic E-state index is 0.0142. The third-order valence-electron chi connectivity index (χ3n) is 3.27. The Morgan fingerprint density at radius 3 is 2.60 bits per heavy atom. The fourth-order valence-electron chi connectivity index (χ4n) is 1.99. The van der Waals surface area contributed by atoms with Crippen molar-refractivity contribution in [2.75, 3.05) is 6.61 Å². The van der Waals surface area contributed by atoms with Crippen LogP contribution in [0.1, 0.15) is 37.7 Å². The van der Waals surface area contributed by atoms with E-state index in [0.29, 0.717) is 11.3 Å². The highest BCUT2D eigenvalue weighted by molar-refractivity contribution is 5.64. The first-order valence-electron chi connectivity index (χ1n) is 6.67. The van der Waals surface area contributed by atoms with Crippen LogP contribution in [-0.2, 0) is 0 Å².